The van der Waals surface area contributed by atoms with Gasteiger partial charge in [-0.2, -0.15) is 4.68 Å². The number of hydrogen-bond donors (Lipinski definition) is 0. The van der Waals surface area contributed by atoms with Crippen LogP contribution in [0.3, 0.4) is 0 Å². The van der Waals surface area contributed by atoms with Gasteiger partial charge in [-0.15, -0.1) is 0 Å². The first-order chi connectivity index (χ1) is 10.9. The lowest BCUT2D eigenvalue weighted by molar-refractivity contribution is -0.140. The van der Waals surface area contributed by atoms with E-state index in [1.165, 1.54) is 11.8 Å². The number of ether oxygens (including phenoxy) is 1. The Kier molecular flexibility index (Phi) is 5.43. The van der Waals surface area contributed by atoms with Crippen LogP contribution in [0.15, 0.2) is 35.5 Å². The molecular weight excluding hydrogens is 320 g/mol. The molecular formula is C14H18N4O4S. The van der Waals surface area contributed by atoms with Crippen LogP contribution in [0.25, 0.3) is 5.69 Å². The predicted molar refractivity (Wildman–Crippen MR) is 81.6 cm³/mol. The average Bonchev–Trinajstić information content (AvgIpc) is 3.03. The van der Waals surface area contributed by atoms with E-state index in [0.717, 1.165) is 0 Å². The summed E-state index contributed by atoms with van der Waals surface area (Å²) in [6.07, 6.45) is 0.593. The Hall–Kier alpha value is -2.29. The van der Waals surface area contributed by atoms with Crippen molar-refractivity contribution in [3.05, 3.63) is 30.3 Å². The highest BCUT2D eigenvalue weighted by Gasteiger charge is 2.26. The second-order valence-corrected chi connectivity index (χ2v) is 7.14. The molecule has 0 radical (unpaired) electrons. The molecule has 0 aliphatic heterocycles. The number of tetrazole rings is 1. The van der Waals surface area contributed by atoms with Crippen molar-refractivity contribution >= 4 is 15.8 Å². The molecule has 0 aliphatic carbocycles. The first-order valence-corrected chi connectivity index (χ1v) is 8.72. The topological polar surface area (TPSA) is 104 Å². The van der Waals surface area contributed by atoms with Crippen LogP contribution in [0, 0.1) is 5.92 Å². The van der Waals surface area contributed by atoms with E-state index in [-0.39, 0.29) is 29.2 Å². The van der Waals surface area contributed by atoms with E-state index < -0.39 is 9.84 Å². The monoisotopic (exact) mass is 338 g/mol. The summed E-state index contributed by atoms with van der Waals surface area (Å²) in [6.45, 7) is 1.76. The average molecular weight is 338 g/mol. The number of carbonyl (C=O) groups is 1. The van der Waals surface area contributed by atoms with E-state index >= 15 is 0 Å². The third-order valence-electron chi connectivity index (χ3n) is 3.29. The minimum absolute atomic E-state index is 0.142. The van der Waals surface area contributed by atoms with Gasteiger partial charge in [-0.1, -0.05) is 30.2 Å². The number of carbonyl (C=O) groups excluding carboxylic acids is 1. The van der Waals surface area contributed by atoms with E-state index in [9.17, 15) is 13.2 Å². The summed E-state index contributed by atoms with van der Waals surface area (Å²) in [5, 5.41) is 10.7. The summed E-state index contributed by atoms with van der Waals surface area (Å²) in [5.41, 5.74) is 0.568. The minimum Gasteiger partial charge on any atom is -0.469 e. The SMILES string of the molecule is COC(=O)CC[C@H](C)CS(=O)(=O)c1nnnn1-c1ccccc1. The van der Waals surface area contributed by atoms with Crippen molar-refractivity contribution in [2.24, 2.45) is 5.92 Å². The van der Waals surface area contributed by atoms with Gasteiger partial charge in [0.25, 0.3) is 5.16 Å². The number of nitrogens with zero attached hydrogens (tertiary/aromatic N) is 4. The summed E-state index contributed by atoms with van der Waals surface area (Å²) in [5.74, 6) is -0.722. The fraction of sp³-hybridized carbons (Fsp3) is 0.429. The van der Waals surface area contributed by atoms with Crippen LogP contribution in [-0.4, -0.2) is 47.5 Å². The molecule has 0 saturated carbocycles. The van der Waals surface area contributed by atoms with Crippen LogP contribution < -0.4 is 0 Å². The van der Waals surface area contributed by atoms with Gasteiger partial charge >= 0.3 is 5.97 Å². The Morgan fingerprint density at radius 3 is 2.65 bits per heavy atom. The Bertz CT molecular complexity index is 758. The smallest absolute Gasteiger partial charge is 0.305 e. The molecule has 0 N–H and O–H groups in total. The number of para-hydroxylation sites is 1. The van der Waals surface area contributed by atoms with E-state index in [2.05, 4.69) is 20.3 Å². The number of rotatable bonds is 7. The fourth-order valence-corrected chi connectivity index (χ4v) is 3.73. The normalized spacial score (nSPS) is 12.8. The first-order valence-electron chi connectivity index (χ1n) is 7.07. The molecule has 8 nitrogen and oxygen atoms in total. The van der Waals surface area contributed by atoms with Crippen LogP contribution in [0.4, 0.5) is 0 Å². The second kappa shape index (κ2) is 7.32. The number of methoxy groups -OCH3 is 1. The third-order valence-corrected chi connectivity index (χ3v) is 5.11. The van der Waals surface area contributed by atoms with Gasteiger partial charge in [0.05, 0.1) is 18.6 Å². The van der Waals surface area contributed by atoms with Crippen molar-refractivity contribution < 1.29 is 17.9 Å². The predicted octanol–water partition coefficient (Wildman–Crippen LogP) is 1.03. The maximum absolute atomic E-state index is 12.5. The molecule has 0 amide bonds. The molecule has 0 saturated heterocycles. The van der Waals surface area contributed by atoms with Crippen molar-refractivity contribution in [2.75, 3.05) is 12.9 Å². The highest BCUT2D eigenvalue weighted by molar-refractivity contribution is 7.91. The van der Waals surface area contributed by atoms with Gasteiger partial charge < -0.3 is 4.74 Å². The van der Waals surface area contributed by atoms with Crippen molar-refractivity contribution in [1.29, 1.82) is 0 Å². The van der Waals surface area contributed by atoms with Gasteiger partial charge in [-0.3, -0.25) is 4.79 Å². The Morgan fingerprint density at radius 2 is 2.00 bits per heavy atom. The molecule has 0 fully saturated rings. The fourth-order valence-electron chi connectivity index (χ4n) is 2.10. The largest absolute Gasteiger partial charge is 0.469 e. The molecule has 0 spiro atoms. The van der Waals surface area contributed by atoms with Gasteiger partial charge in [0.1, 0.15) is 0 Å². The highest BCUT2D eigenvalue weighted by Crippen LogP contribution is 2.17. The van der Waals surface area contributed by atoms with Gasteiger partial charge in [0.2, 0.25) is 9.84 Å². The Labute approximate surface area is 134 Å². The first kappa shape index (κ1) is 17.1. The molecule has 0 aliphatic rings. The maximum Gasteiger partial charge on any atom is 0.305 e. The van der Waals surface area contributed by atoms with Crippen molar-refractivity contribution in [3.63, 3.8) is 0 Å². The zero-order chi connectivity index (χ0) is 16.9. The molecule has 23 heavy (non-hydrogen) atoms. The van der Waals surface area contributed by atoms with Crippen LogP contribution in [0.1, 0.15) is 19.8 Å². The lowest BCUT2D eigenvalue weighted by Crippen LogP contribution is -2.19. The number of aromatic nitrogens is 4. The van der Waals surface area contributed by atoms with E-state index in [0.29, 0.717) is 12.1 Å². The molecule has 2 aromatic rings. The van der Waals surface area contributed by atoms with Crippen molar-refractivity contribution in [2.45, 2.75) is 24.9 Å². The van der Waals surface area contributed by atoms with Gasteiger partial charge in [-0.25, -0.2) is 8.42 Å². The van der Waals surface area contributed by atoms with Crippen molar-refractivity contribution in [3.8, 4) is 5.69 Å². The zero-order valence-corrected chi connectivity index (χ0v) is 13.7. The third kappa shape index (κ3) is 4.35. The molecule has 9 heteroatoms. The Morgan fingerprint density at radius 1 is 1.30 bits per heavy atom. The van der Waals surface area contributed by atoms with E-state index in [1.807, 2.05) is 6.07 Å². The molecule has 0 unspecified atom stereocenters. The van der Waals surface area contributed by atoms with Gasteiger partial charge in [0.15, 0.2) is 0 Å². The zero-order valence-electron chi connectivity index (χ0n) is 12.9. The summed E-state index contributed by atoms with van der Waals surface area (Å²) < 4.78 is 30.8. The molecule has 124 valence electrons. The van der Waals surface area contributed by atoms with E-state index in [4.69, 9.17) is 0 Å². The number of sulfone groups is 1. The van der Waals surface area contributed by atoms with Crippen LogP contribution in [0.2, 0.25) is 0 Å². The standard InChI is InChI=1S/C14H18N4O4S/c1-11(8-9-13(19)22-2)10-23(20,21)14-15-16-17-18(14)12-6-4-3-5-7-12/h3-7,11H,8-10H2,1-2H3/t11-/m0/s1. The quantitative estimate of drug-likeness (QED) is 0.694. The number of esters is 1. The van der Waals surface area contributed by atoms with Crippen molar-refractivity contribution in [1.82, 2.24) is 20.2 Å². The summed E-state index contributed by atoms with van der Waals surface area (Å²) >= 11 is 0. The second-order valence-electron chi connectivity index (χ2n) is 5.21. The number of hydrogen-bond acceptors (Lipinski definition) is 7. The molecule has 1 heterocycles. The summed E-state index contributed by atoms with van der Waals surface area (Å²) in [4.78, 5) is 11.1. The van der Waals surface area contributed by atoms with Gasteiger partial charge in [0, 0.05) is 6.42 Å². The lowest BCUT2D eigenvalue weighted by Gasteiger charge is -2.11. The highest BCUT2D eigenvalue weighted by atomic mass is 32.2. The number of benzene rings is 1. The molecule has 2 rings (SSSR count). The minimum atomic E-state index is -3.67. The van der Waals surface area contributed by atoms with E-state index in [1.54, 1.807) is 31.2 Å². The molecule has 0 bridgehead atoms. The summed E-state index contributed by atoms with van der Waals surface area (Å²) in [6, 6.07) is 8.79. The summed E-state index contributed by atoms with van der Waals surface area (Å²) in [7, 11) is -2.37. The van der Waals surface area contributed by atoms with Crippen LogP contribution >= 0.6 is 0 Å². The van der Waals surface area contributed by atoms with Gasteiger partial charge in [-0.05, 0) is 34.9 Å². The van der Waals surface area contributed by atoms with Crippen LogP contribution in [0.5, 0.6) is 0 Å². The lowest BCUT2D eigenvalue weighted by atomic mass is 10.1. The molecule has 1 aromatic carbocycles. The molecule has 1 atom stereocenters. The maximum atomic E-state index is 12.5. The molecule has 1 aromatic heterocycles. The Balaban J connectivity index is 2.15. The van der Waals surface area contributed by atoms with Crippen LogP contribution in [-0.2, 0) is 19.4 Å².